The molecule has 2 N–H and O–H groups in total. The summed E-state index contributed by atoms with van der Waals surface area (Å²) < 4.78 is 5.70. The molecule has 1 aromatic heterocycles. The fraction of sp³-hybridized carbons (Fsp3) is 0.706. The molecule has 2 unspecified atom stereocenters. The van der Waals surface area contributed by atoms with Crippen LogP contribution >= 0.6 is 0 Å². The molecule has 3 aliphatic rings. The largest absolute Gasteiger partial charge is 0.464 e. The van der Waals surface area contributed by atoms with Crippen molar-refractivity contribution >= 4 is 5.96 Å². The van der Waals surface area contributed by atoms with E-state index in [4.69, 9.17) is 9.41 Å². The van der Waals surface area contributed by atoms with Gasteiger partial charge in [0.25, 0.3) is 0 Å². The van der Waals surface area contributed by atoms with Crippen molar-refractivity contribution in [3.05, 3.63) is 23.7 Å². The Morgan fingerprint density at radius 1 is 1.35 bits per heavy atom. The topological polar surface area (TPSA) is 56.0 Å². The normalized spacial score (nSPS) is 28.7. The second-order valence-corrected chi connectivity index (χ2v) is 6.52. The lowest BCUT2D eigenvalue weighted by Crippen LogP contribution is -2.62. The molecule has 3 saturated heterocycles. The molecule has 6 nitrogen and oxygen atoms in total. The van der Waals surface area contributed by atoms with Crippen LogP contribution in [0.25, 0.3) is 0 Å². The first-order chi connectivity index (χ1) is 11.2. The summed E-state index contributed by atoms with van der Waals surface area (Å²) in [5.74, 6) is 2.75. The minimum Gasteiger partial charge on any atom is -0.464 e. The van der Waals surface area contributed by atoms with Crippen molar-refractivity contribution in [1.29, 1.82) is 0 Å². The van der Waals surface area contributed by atoms with Gasteiger partial charge in [0.05, 0.1) is 12.6 Å². The zero-order chi connectivity index (χ0) is 16.2. The van der Waals surface area contributed by atoms with Gasteiger partial charge in [0.2, 0.25) is 0 Å². The van der Waals surface area contributed by atoms with Crippen molar-refractivity contribution < 1.29 is 4.42 Å². The Morgan fingerprint density at radius 2 is 2.13 bits per heavy atom. The Hall–Kier alpha value is -1.53. The van der Waals surface area contributed by atoms with Crippen LogP contribution in [0.5, 0.6) is 0 Å². The molecule has 6 heteroatoms. The number of fused-ring (bicyclic) bond motifs is 3. The van der Waals surface area contributed by atoms with Gasteiger partial charge in [-0.25, -0.2) is 0 Å². The molecule has 2 bridgehead atoms. The van der Waals surface area contributed by atoms with Crippen LogP contribution in [0.1, 0.15) is 31.4 Å². The van der Waals surface area contributed by atoms with Crippen LogP contribution in [0.2, 0.25) is 0 Å². The van der Waals surface area contributed by atoms with E-state index in [0.717, 1.165) is 37.1 Å². The number of guanidine groups is 1. The number of nitrogens with one attached hydrogen (secondary N) is 2. The molecule has 1 aromatic rings. The molecular formula is C17H29N5O. The molecular weight excluding hydrogens is 290 g/mol. The molecule has 0 aliphatic carbocycles. The second-order valence-electron chi connectivity index (χ2n) is 6.52. The Bertz CT molecular complexity index is 533. The maximum atomic E-state index is 5.70. The van der Waals surface area contributed by atoms with Crippen molar-refractivity contribution in [3.8, 4) is 0 Å². The van der Waals surface area contributed by atoms with E-state index in [1.54, 1.807) is 0 Å². The number of aliphatic imine (C=N–C) groups is 1. The zero-order valence-corrected chi connectivity index (χ0v) is 14.5. The standard InChI is InChI=1S/C17H29N5O/c1-4-18-17(20-14(3)16-6-5-13(2)23-16)19-11-15-12-21-7-9-22(15)10-8-21/h5-6,14-15H,4,7-12H2,1-3H3,(H2,18,19,20). The highest BCUT2D eigenvalue weighted by Gasteiger charge is 2.31. The summed E-state index contributed by atoms with van der Waals surface area (Å²) in [6.45, 7) is 13.8. The third-order valence-corrected chi connectivity index (χ3v) is 4.74. The third kappa shape index (κ3) is 4.06. The van der Waals surface area contributed by atoms with Gasteiger partial charge in [0, 0.05) is 45.3 Å². The molecule has 0 saturated carbocycles. The van der Waals surface area contributed by atoms with Crippen molar-refractivity contribution in [2.75, 3.05) is 45.8 Å². The predicted molar refractivity (Wildman–Crippen MR) is 92.8 cm³/mol. The average molecular weight is 319 g/mol. The summed E-state index contributed by atoms with van der Waals surface area (Å²) in [6, 6.07) is 4.68. The highest BCUT2D eigenvalue weighted by atomic mass is 16.3. The molecule has 4 heterocycles. The Balaban J connectivity index is 1.59. The van der Waals surface area contributed by atoms with Gasteiger partial charge in [-0.05, 0) is 32.9 Å². The first kappa shape index (κ1) is 16.3. The van der Waals surface area contributed by atoms with Crippen molar-refractivity contribution in [2.24, 2.45) is 4.99 Å². The molecule has 23 heavy (non-hydrogen) atoms. The lowest BCUT2D eigenvalue weighted by Gasteiger charge is -2.47. The predicted octanol–water partition coefficient (Wildman–Crippen LogP) is 1.20. The molecule has 2 atom stereocenters. The Kier molecular flexibility index (Phi) is 5.23. The van der Waals surface area contributed by atoms with Crippen LogP contribution in [0.4, 0.5) is 0 Å². The van der Waals surface area contributed by atoms with Crippen LogP contribution < -0.4 is 10.6 Å². The SMILES string of the molecule is CCNC(=NCC1CN2CCN1CC2)NC(C)c1ccc(C)o1. The molecule has 3 aliphatic heterocycles. The molecule has 3 fully saturated rings. The van der Waals surface area contributed by atoms with Crippen molar-refractivity contribution in [2.45, 2.75) is 32.9 Å². The number of furan rings is 1. The van der Waals surface area contributed by atoms with Crippen LogP contribution in [0, 0.1) is 6.92 Å². The van der Waals surface area contributed by atoms with Crippen LogP contribution in [0.15, 0.2) is 21.5 Å². The fourth-order valence-corrected chi connectivity index (χ4v) is 3.38. The van der Waals surface area contributed by atoms with E-state index in [9.17, 15) is 0 Å². The Labute approximate surface area is 138 Å². The highest BCUT2D eigenvalue weighted by molar-refractivity contribution is 5.80. The molecule has 0 spiro atoms. The quantitative estimate of drug-likeness (QED) is 0.631. The summed E-state index contributed by atoms with van der Waals surface area (Å²) in [5.41, 5.74) is 0. The lowest BCUT2D eigenvalue weighted by molar-refractivity contribution is 0.0174. The maximum Gasteiger partial charge on any atom is 0.191 e. The minimum atomic E-state index is 0.105. The van der Waals surface area contributed by atoms with E-state index in [2.05, 4.69) is 34.3 Å². The van der Waals surface area contributed by atoms with Crippen LogP contribution in [-0.4, -0.2) is 67.6 Å². The number of aryl methyl sites for hydroxylation is 1. The summed E-state index contributed by atoms with van der Waals surface area (Å²) in [4.78, 5) is 9.94. The van der Waals surface area contributed by atoms with Crippen LogP contribution in [-0.2, 0) is 0 Å². The third-order valence-electron chi connectivity index (χ3n) is 4.74. The minimum absolute atomic E-state index is 0.105. The average Bonchev–Trinajstić information content (AvgIpc) is 3.00. The number of hydrogen-bond donors (Lipinski definition) is 2. The number of rotatable bonds is 5. The first-order valence-electron chi connectivity index (χ1n) is 8.73. The number of nitrogens with zero attached hydrogens (tertiary/aromatic N) is 3. The van der Waals surface area contributed by atoms with E-state index in [1.165, 1.54) is 26.2 Å². The van der Waals surface area contributed by atoms with E-state index >= 15 is 0 Å². The summed E-state index contributed by atoms with van der Waals surface area (Å²) in [6.07, 6.45) is 0. The van der Waals surface area contributed by atoms with Gasteiger partial charge in [-0.3, -0.25) is 14.8 Å². The van der Waals surface area contributed by atoms with E-state index in [0.29, 0.717) is 6.04 Å². The van der Waals surface area contributed by atoms with Gasteiger partial charge in [-0.15, -0.1) is 0 Å². The molecule has 0 aromatic carbocycles. The Morgan fingerprint density at radius 3 is 2.70 bits per heavy atom. The molecule has 4 rings (SSSR count). The van der Waals surface area contributed by atoms with Crippen molar-refractivity contribution in [1.82, 2.24) is 20.4 Å². The van der Waals surface area contributed by atoms with Gasteiger partial charge in [0.1, 0.15) is 11.5 Å². The van der Waals surface area contributed by atoms with Crippen LogP contribution in [0.3, 0.4) is 0 Å². The summed E-state index contributed by atoms with van der Waals surface area (Å²) in [5, 5.41) is 6.78. The van der Waals surface area contributed by atoms with Gasteiger partial charge < -0.3 is 15.1 Å². The van der Waals surface area contributed by atoms with Gasteiger partial charge in [-0.2, -0.15) is 0 Å². The lowest BCUT2D eigenvalue weighted by atomic mass is 10.1. The first-order valence-corrected chi connectivity index (χ1v) is 8.73. The second kappa shape index (κ2) is 7.36. The number of hydrogen-bond acceptors (Lipinski definition) is 4. The summed E-state index contributed by atoms with van der Waals surface area (Å²) in [7, 11) is 0. The van der Waals surface area contributed by atoms with E-state index in [1.807, 2.05) is 19.1 Å². The zero-order valence-electron chi connectivity index (χ0n) is 14.5. The summed E-state index contributed by atoms with van der Waals surface area (Å²) >= 11 is 0. The monoisotopic (exact) mass is 319 g/mol. The maximum absolute atomic E-state index is 5.70. The van der Waals surface area contributed by atoms with Gasteiger partial charge in [-0.1, -0.05) is 0 Å². The molecule has 128 valence electrons. The molecule has 0 radical (unpaired) electrons. The fourth-order valence-electron chi connectivity index (χ4n) is 3.38. The van der Waals surface area contributed by atoms with Gasteiger partial charge in [0.15, 0.2) is 5.96 Å². The van der Waals surface area contributed by atoms with E-state index in [-0.39, 0.29) is 6.04 Å². The van der Waals surface area contributed by atoms with Crippen molar-refractivity contribution in [3.63, 3.8) is 0 Å². The van der Waals surface area contributed by atoms with Gasteiger partial charge >= 0.3 is 0 Å². The smallest absolute Gasteiger partial charge is 0.191 e. The highest BCUT2D eigenvalue weighted by Crippen LogP contribution is 2.17. The van der Waals surface area contributed by atoms with E-state index < -0.39 is 0 Å². The molecule has 0 amide bonds. The number of piperazine rings is 3.